The maximum Gasteiger partial charge on any atom is 0.222 e. The summed E-state index contributed by atoms with van der Waals surface area (Å²) in [7, 11) is 0. The van der Waals surface area contributed by atoms with Gasteiger partial charge in [0.25, 0.3) is 0 Å². The van der Waals surface area contributed by atoms with Crippen molar-refractivity contribution in [1.82, 2.24) is 4.90 Å². The first-order valence-corrected chi connectivity index (χ1v) is 7.32. The van der Waals surface area contributed by atoms with Crippen LogP contribution in [0.2, 0.25) is 0 Å². The molecule has 0 aliphatic carbocycles. The zero-order valence-electron chi connectivity index (χ0n) is 10.9. The molecule has 1 unspecified atom stereocenters. The molecule has 0 aromatic heterocycles. The van der Waals surface area contributed by atoms with Gasteiger partial charge in [0, 0.05) is 19.5 Å². The summed E-state index contributed by atoms with van der Waals surface area (Å²) in [4.78, 5) is 13.7. The summed E-state index contributed by atoms with van der Waals surface area (Å²) in [6.45, 7) is 3.89. The average Bonchev–Trinajstić information content (AvgIpc) is 2.77. The van der Waals surface area contributed by atoms with Crippen LogP contribution in [0.1, 0.15) is 24.5 Å². The number of amides is 1. The molecule has 0 spiro atoms. The lowest BCUT2D eigenvalue weighted by Crippen LogP contribution is -2.27. The maximum atomic E-state index is 11.8. The molecule has 1 aromatic rings. The van der Waals surface area contributed by atoms with Gasteiger partial charge in [0.05, 0.1) is 0 Å². The molecule has 0 N–H and O–H groups in total. The highest BCUT2D eigenvalue weighted by atomic mass is 32.1. The van der Waals surface area contributed by atoms with Crippen molar-refractivity contribution >= 4 is 18.5 Å². The van der Waals surface area contributed by atoms with Gasteiger partial charge in [-0.1, -0.05) is 31.2 Å². The number of thiol groups is 1. The van der Waals surface area contributed by atoms with Crippen molar-refractivity contribution in [3.63, 3.8) is 0 Å². The van der Waals surface area contributed by atoms with Crippen LogP contribution in [-0.2, 0) is 17.6 Å². The van der Waals surface area contributed by atoms with E-state index in [9.17, 15) is 4.79 Å². The van der Waals surface area contributed by atoms with Gasteiger partial charge in [-0.3, -0.25) is 4.79 Å². The molecule has 1 amide bonds. The fourth-order valence-electron chi connectivity index (χ4n) is 2.40. The van der Waals surface area contributed by atoms with Crippen LogP contribution in [0.4, 0.5) is 0 Å². The van der Waals surface area contributed by atoms with Gasteiger partial charge in [0.1, 0.15) is 0 Å². The molecule has 3 heteroatoms. The Balaban J connectivity index is 1.85. The minimum atomic E-state index is 0.291. The van der Waals surface area contributed by atoms with Gasteiger partial charge >= 0.3 is 0 Å². The van der Waals surface area contributed by atoms with Crippen LogP contribution >= 0.6 is 12.6 Å². The Hall–Kier alpha value is -0.960. The Morgan fingerprint density at radius 1 is 1.28 bits per heavy atom. The molecule has 98 valence electrons. The van der Waals surface area contributed by atoms with Crippen molar-refractivity contribution in [3.8, 4) is 0 Å². The molecule has 18 heavy (non-hydrogen) atoms. The Bertz CT molecular complexity index is 401. The predicted octanol–water partition coefficient (Wildman–Crippen LogP) is 2.57. The molecule has 1 heterocycles. The number of aryl methyl sites for hydroxylation is 1. The first-order valence-electron chi connectivity index (χ1n) is 6.69. The van der Waals surface area contributed by atoms with Crippen molar-refractivity contribution in [3.05, 3.63) is 35.4 Å². The molecule has 1 saturated heterocycles. The lowest BCUT2D eigenvalue weighted by molar-refractivity contribution is -0.127. The highest BCUT2D eigenvalue weighted by Crippen LogP contribution is 2.19. The SMILES string of the molecule is CCc1ccc(CCN2CC(CS)CC2=O)cc1. The summed E-state index contributed by atoms with van der Waals surface area (Å²) in [6.07, 6.45) is 2.71. The number of hydrogen-bond donors (Lipinski definition) is 1. The van der Waals surface area contributed by atoms with Crippen molar-refractivity contribution in [2.45, 2.75) is 26.2 Å². The van der Waals surface area contributed by atoms with E-state index < -0.39 is 0 Å². The highest BCUT2D eigenvalue weighted by Gasteiger charge is 2.27. The molecular formula is C15H21NOS. The second kappa shape index (κ2) is 6.28. The van der Waals surface area contributed by atoms with Gasteiger partial charge < -0.3 is 4.90 Å². The minimum absolute atomic E-state index is 0.291. The molecule has 1 aromatic carbocycles. The molecular weight excluding hydrogens is 242 g/mol. The Morgan fingerprint density at radius 3 is 2.50 bits per heavy atom. The molecule has 1 aliphatic heterocycles. The topological polar surface area (TPSA) is 20.3 Å². The van der Waals surface area contributed by atoms with Crippen molar-refractivity contribution in [1.29, 1.82) is 0 Å². The summed E-state index contributed by atoms with van der Waals surface area (Å²) < 4.78 is 0. The number of carbonyl (C=O) groups is 1. The average molecular weight is 263 g/mol. The van der Waals surface area contributed by atoms with Crippen LogP contribution in [-0.4, -0.2) is 29.6 Å². The number of rotatable bonds is 5. The Kier molecular flexibility index (Phi) is 4.70. The van der Waals surface area contributed by atoms with E-state index in [1.807, 2.05) is 4.90 Å². The van der Waals surface area contributed by atoms with Crippen LogP contribution < -0.4 is 0 Å². The monoisotopic (exact) mass is 263 g/mol. The summed E-state index contributed by atoms with van der Waals surface area (Å²) in [6, 6.07) is 8.71. The largest absolute Gasteiger partial charge is 0.342 e. The first-order chi connectivity index (χ1) is 8.72. The van der Waals surface area contributed by atoms with Gasteiger partial charge in [-0.2, -0.15) is 12.6 Å². The van der Waals surface area contributed by atoms with Crippen LogP contribution in [0.5, 0.6) is 0 Å². The highest BCUT2D eigenvalue weighted by molar-refractivity contribution is 7.80. The molecule has 1 atom stereocenters. The van der Waals surface area contributed by atoms with Crippen molar-refractivity contribution in [2.75, 3.05) is 18.8 Å². The Labute approximate surface area is 115 Å². The number of hydrogen-bond acceptors (Lipinski definition) is 2. The second-order valence-corrected chi connectivity index (χ2v) is 5.38. The van der Waals surface area contributed by atoms with Crippen LogP contribution in [0, 0.1) is 5.92 Å². The van der Waals surface area contributed by atoms with Crippen LogP contribution in [0.15, 0.2) is 24.3 Å². The van der Waals surface area contributed by atoms with E-state index in [1.54, 1.807) is 0 Å². The molecule has 0 radical (unpaired) electrons. The summed E-state index contributed by atoms with van der Waals surface area (Å²) in [5, 5.41) is 0. The quantitative estimate of drug-likeness (QED) is 0.810. The van der Waals surface area contributed by atoms with E-state index in [0.717, 1.165) is 31.7 Å². The van der Waals surface area contributed by atoms with Crippen LogP contribution in [0.25, 0.3) is 0 Å². The minimum Gasteiger partial charge on any atom is -0.342 e. The molecule has 1 fully saturated rings. The summed E-state index contributed by atoms with van der Waals surface area (Å²) in [5.74, 6) is 1.55. The van der Waals surface area contributed by atoms with Crippen molar-refractivity contribution < 1.29 is 4.79 Å². The zero-order chi connectivity index (χ0) is 13.0. The zero-order valence-corrected chi connectivity index (χ0v) is 11.8. The normalized spacial score (nSPS) is 19.6. The molecule has 1 aliphatic rings. The number of nitrogens with zero attached hydrogens (tertiary/aromatic N) is 1. The van der Waals surface area contributed by atoms with E-state index in [-0.39, 0.29) is 0 Å². The second-order valence-electron chi connectivity index (χ2n) is 5.01. The van der Waals surface area contributed by atoms with Crippen LogP contribution in [0.3, 0.4) is 0 Å². The molecule has 0 saturated carbocycles. The summed E-state index contributed by atoms with van der Waals surface area (Å²) >= 11 is 4.28. The molecule has 0 bridgehead atoms. The number of benzene rings is 1. The van der Waals surface area contributed by atoms with Gasteiger partial charge in [-0.15, -0.1) is 0 Å². The third-order valence-electron chi connectivity index (χ3n) is 3.65. The third-order valence-corrected chi connectivity index (χ3v) is 4.17. The number of likely N-dealkylation sites (tertiary alicyclic amines) is 1. The molecule has 2 rings (SSSR count). The fourth-order valence-corrected chi connectivity index (χ4v) is 2.64. The van der Waals surface area contributed by atoms with Gasteiger partial charge in [-0.25, -0.2) is 0 Å². The smallest absolute Gasteiger partial charge is 0.222 e. The van der Waals surface area contributed by atoms with Gasteiger partial charge in [0.2, 0.25) is 5.91 Å². The lowest BCUT2D eigenvalue weighted by atomic mass is 10.1. The molecule has 2 nitrogen and oxygen atoms in total. The maximum absolute atomic E-state index is 11.8. The van der Waals surface area contributed by atoms with Crippen molar-refractivity contribution in [2.24, 2.45) is 5.92 Å². The van der Waals surface area contributed by atoms with E-state index in [4.69, 9.17) is 0 Å². The standard InChI is InChI=1S/C15H21NOS/c1-2-12-3-5-13(6-4-12)7-8-16-10-14(11-18)9-15(16)17/h3-6,14,18H,2,7-11H2,1H3. The first kappa shape index (κ1) is 13.5. The van der Waals surface area contributed by atoms with Gasteiger partial charge in [0.15, 0.2) is 0 Å². The van der Waals surface area contributed by atoms with E-state index in [1.165, 1.54) is 11.1 Å². The van der Waals surface area contributed by atoms with E-state index in [0.29, 0.717) is 18.2 Å². The third kappa shape index (κ3) is 3.29. The summed E-state index contributed by atoms with van der Waals surface area (Å²) in [5.41, 5.74) is 2.68. The fraction of sp³-hybridized carbons (Fsp3) is 0.533. The Morgan fingerprint density at radius 2 is 1.94 bits per heavy atom. The van der Waals surface area contributed by atoms with Gasteiger partial charge in [-0.05, 0) is 35.6 Å². The predicted molar refractivity (Wildman–Crippen MR) is 78.1 cm³/mol. The van der Waals surface area contributed by atoms with E-state index >= 15 is 0 Å². The number of carbonyl (C=O) groups excluding carboxylic acids is 1. The lowest BCUT2D eigenvalue weighted by Gasteiger charge is -2.16. The van der Waals surface area contributed by atoms with E-state index in [2.05, 4.69) is 43.8 Å².